The van der Waals surface area contributed by atoms with Crippen LogP contribution in [0.5, 0.6) is 0 Å². The molecule has 0 fully saturated rings. The molecule has 6 nitrogen and oxygen atoms in total. The maximum atomic E-state index is 12.2. The Morgan fingerprint density at radius 2 is 1.62 bits per heavy atom. The van der Waals surface area contributed by atoms with Crippen molar-refractivity contribution in [1.29, 1.82) is 0 Å². The van der Waals surface area contributed by atoms with Crippen LogP contribution in [-0.2, 0) is 11.2 Å². The maximum Gasteiger partial charge on any atom is 0.338 e. The van der Waals surface area contributed by atoms with Crippen LogP contribution in [0.1, 0.15) is 50.2 Å². The predicted molar refractivity (Wildman–Crippen MR) is 108 cm³/mol. The van der Waals surface area contributed by atoms with Crippen LogP contribution in [0.4, 0.5) is 5.69 Å². The third-order valence-corrected chi connectivity index (χ3v) is 4.27. The second-order valence-electron chi connectivity index (χ2n) is 6.46. The van der Waals surface area contributed by atoms with Crippen LogP contribution < -0.4 is 5.32 Å². The third-order valence-electron chi connectivity index (χ3n) is 4.27. The van der Waals surface area contributed by atoms with Gasteiger partial charge in [0.05, 0.1) is 11.8 Å². The predicted octanol–water partition coefficient (Wildman–Crippen LogP) is 4.52. The zero-order chi connectivity index (χ0) is 20.6. The SMILES string of the molecule is CCCc1ccc(C(=O)COC(=O)c2ccc(NC(=O)c3ccco3)cc2)cc1. The summed E-state index contributed by atoms with van der Waals surface area (Å²) in [4.78, 5) is 36.3. The minimum atomic E-state index is -0.607. The number of benzene rings is 2. The van der Waals surface area contributed by atoms with E-state index in [1.54, 1.807) is 36.4 Å². The van der Waals surface area contributed by atoms with Crippen LogP contribution in [0, 0.1) is 0 Å². The van der Waals surface area contributed by atoms with Crippen molar-refractivity contribution in [2.45, 2.75) is 19.8 Å². The molecular formula is C23H21NO5. The fourth-order valence-electron chi connectivity index (χ4n) is 2.73. The van der Waals surface area contributed by atoms with Crippen molar-refractivity contribution >= 4 is 23.3 Å². The number of hydrogen-bond donors (Lipinski definition) is 1. The van der Waals surface area contributed by atoms with E-state index in [2.05, 4.69) is 12.2 Å². The van der Waals surface area contributed by atoms with Crippen molar-refractivity contribution in [2.75, 3.05) is 11.9 Å². The van der Waals surface area contributed by atoms with E-state index in [9.17, 15) is 14.4 Å². The molecule has 0 radical (unpaired) electrons. The lowest BCUT2D eigenvalue weighted by Gasteiger charge is -2.07. The number of aryl methyl sites for hydroxylation is 1. The fraction of sp³-hybridized carbons (Fsp3) is 0.174. The molecular weight excluding hydrogens is 370 g/mol. The van der Waals surface area contributed by atoms with E-state index >= 15 is 0 Å². The van der Waals surface area contributed by atoms with E-state index in [-0.39, 0.29) is 29.6 Å². The highest BCUT2D eigenvalue weighted by atomic mass is 16.5. The number of hydrogen-bond acceptors (Lipinski definition) is 5. The van der Waals surface area contributed by atoms with Gasteiger partial charge in [-0.1, -0.05) is 37.6 Å². The van der Waals surface area contributed by atoms with E-state index in [1.807, 2.05) is 12.1 Å². The van der Waals surface area contributed by atoms with Crippen molar-refractivity contribution in [3.8, 4) is 0 Å². The van der Waals surface area contributed by atoms with Crippen LogP contribution in [0.2, 0.25) is 0 Å². The van der Waals surface area contributed by atoms with E-state index in [1.165, 1.54) is 24.0 Å². The molecule has 1 aromatic heterocycles. The van der Waals surface area contributed by atoms with Crippen molar-refractivity contribution in [3.63, 3.8) is 0 Å². The number of ether oxygens (including phenoxy) is 1. The number of nitrogens with one attached hydrogen (secondary N) is 1. The summed E-state index contributed by atoms with van der Waals surface area (Å²) in [5.74, 6) is -1.07. The average molecular weight is 391 g/mol. The number of anilines is 1. The second kappa shape index (κ2) is 9.50. The fourth-order valence-corrected chi connectivity index (χ4v) is 2.73. The Morgan fingerprint density at radius 3 is 2.24 bits per heavy atom. The highest BCUT2D eigenvalue weighted by molar-refractivity contribution is 6.02. The average Bonchev–Trinajstić information content (AvgIpc) is 3.28. The van der Waals surface area contributed by atoms with Crippen molar-refractivity contribution in [3.05, 3.63) is 89.4 Å². The molecule has 0 unspecified atom stereocenters. The van der Waals surface area contributed by atoms with Crippen LogP contribution in [-0.4, -0.2) is 24.3 Å². The first kappa shape index (κ1) is 20.1. The number of esters is 1. The zero-order valence-electron chi connectivity index (χ0n) is 16.0. The summed E-state index contributed by atoms with van der Waals surface area (Å²) < 4.78 is 10.1. The summed E-state index contributed by atoms with van der Waals surface area (Å²) in [5, 5.41) is 2.66. The molecule has 3 rings (SSSR count). The van der Waals surface area contributed by atoms with Crippen molar-refractivity contribution in [1.82, 2.24) is 0 Å². The first-order valence-corrected chi connectivity index (χ1v) is 9.31. The van der Waals surface area contributed by atoms with Crippen molar-refractivity contribution in [2.24, 2.45) is 0 Å². The van der Waals surface area contributed by atoms with E-state index in [4.69, 9.17) is 9.15 Å². The first-order chi connectivity index (χ1) is 14.1. The summed E-state index contributed by atoms with van der Waals surface area (Å²) in [7, 11) is 0. The number of furan rings is 1. The topological polar surface area (TPSA) is 85.6 Å². The molecule has 1 amide bonds. The summed E-state index contributed by atoms with van der Waals surface area (Å²) >= 11 is 0. The van der Waals surface area contributed by atoms with Gasteiger partial charge >= 0.3 is 5.97 Å². The standard InChI is InChI=1S/C23H21NO5/c1-2-4-16-6-8-17(9-7-16)20(25)15-29-23(27)18-10-12-19(13-11-18)24-22(26)21-5-3-14-28-21/h3,5-14H,2,4,15H2,1H3,(H,24,26). The first-order valence-electron chi connectivity index (χ1n) is 9.31. The minimum Gasteiger partial charge on any atom is -0.459 e. The molecule has 148 valence electrons. The zero-order valence-corrected chi connectivity index (χ0v) is 16.0. The van der Waals surface area contributed by atoms with Crippen LogP contribution in [0.25, 0.3) is 0 Å². The van der Waals surface area contributed by atoms with Gasteiger partial charge in [0.25, 0.3) is 5.91 Å². The van der Waals surface area contributed by atoms with Gasteiger partial charge in [-0.15, -0.1) is 0 Å². The van der Waals surface area contributed by atoms with Gasteiger partial charge in [-0.2, -0.15) is 0 Å². The molecule has 1 heterocycles. The molecule has 0 saturated carbocycles. The summed E-state index contributed by atoms with van der Waals surface area (Å²) in [6, 6.07) is 16.7. The number of rotatable bonds is 8. The molecule has 0 bridgehead atoms. The van der Waals surface area contributed by atoms with E-state index < -0.39 is 5.97 Å². The largest absolute Gasteiger partial charge is 0.459 e. The number of Topliss-reactive ketones (excluding diaryl/α,β-unsaturated/α-hetero) is 1. The van der Waals surface area contributed by atoms with Gasteiger partial charge in [-0.3, -0.25) is 9.59 Å². The summed E-state index contributed by atoms with van der Waals surface area (Å²) in [6.07, 6.45) is 3.41. The normalized spacial score (nSPS) is 10.4. The Balaban J connectivity index is 1.52. The molecule has 2 aromatic carbocycles. The Hall–Kier alpha value is -3.67. The summed E-state index contributed by atoms with van der Waals surface area (Å²) in [6.45, 7) is 1.76. The van der Waals surface area contributed by atoms with Crippen LogP contribution >= 0.6 is 0 Å². The molecule has 0 aliphatic rings. The number of carbonyl (C=O) groups is 3. The second-order valence-corrected chi connectivity index (χ2v) is 6.46. The molecule has 3 aromatic rings. The summed E-state index contributed by atoms with van der Waals surface area (Å²) in [5.41, 5.74) is 2.46. The van der Waals surface area contributed by atoms with Gasteiger partial charge in [0.15, 0.2) is 18.2 Å². The lowest BCUT2D eigenvalue weighted by molar-refractivity contribution is 0.0475. The Kier molecular flexibility index (Phi) is 6.58. The number of amides is 1. The van der Waals surface area contributed by atoms with Gasteiger partial charge in [0.2, 0.25) is 0 Å². The van der Waals surface area contributed by atoms with Crippen LogP contribution in [0.3, 0.4) is 0 Å². The lowest BCUT2D eigenvalue weighted by atomic mass is 10.1. The molecule has 0 saturated heterocycles. The lowest BCUT2D eigenvalue weighted by Crippen LogP contribution is -2.14. The smallest absolute Gasteiger partial charge is 0.338 e. The molecule has 6 heteroatoms. The Bertz CT molecular complexity index is 973. The van der Waals surface area contributed by atoms with Gasteiger partial charge in [0, 0.05) is 11.3 Å². The van der Waals surface area contributed by atoms with E-state index in [0.29, 0.717) is 11.3 Å². The molecule has 0 aliphatic carbocycles. The molecule has 1 N–H and O–H groups in total. The minimum absolute atomic E-state index is 0.190. The van der Waals surface area contributed by atoms with Crippen LogP contribution in [0.15, 0.2) is 71.3 Å². The molecule has 0 spiro atoms. The monoisotopic (exact) mass is 391 g/mol. The quantitative estimate of drug-likeness (QED) is 0.451. The highest BCUT2D eigenvalue weighted by Crippen LogP contribution is 2.13. The van der Waals surface area contributed by atoms with Crippen molar-refractivity contribution < 1.29 is 23.5 Å². The number of ketones is 1. The molecule has 29 heavy (non-hydrogen) atoms. The third kappa shape index (κ3) is 5.42. The number of carbonyl (C=O) groups excluding carboxylic acids is 3. The van der Waals surface area contributed by atoms with Gasteiger partial charge in [0.1, 0.15) is 0 Å². The van der Waals surface area contributed by atoms with Gasteiger partial charge < -0.3 is 14.5 Å². The molecule has 0 atom stereocenters. The Labute approximate surface area is 168 Å². The van der Waals surface area contributed by atoms with E-state index in [0.717, 1.165) is 12.8 Å². The van der Waals surface area contributed by atoms with Gasteiger partial charge in [-0.05, 0) is 48.4 Å². The van der Waals surface area contributed by atoms with Gasteiger partial charge in [-0.25, -0.2) is 4.79 Å². The maximum absolute atomic E-state index is 12.2. The highest BCUT2D eigenvalue weighted by Gasteiger charge is 2.13. The molecule has 0 aliphatic heterocycles. The Morgan fingerprint density at radius 1 is 0.931 bits per heavy atom.